The van der Waals surface area contributed by atoms with Crippen molar-refractivity contribution < 1.29 is 14.3 Å². The first-order valence-corrected chi connectivity index (χ1v) is 10.8. The highest BCUT2D eigenvalue weighted by molar-refractivity contribution is 8.00. The number of carbonyl (C=O) groups is 2. The van der Waals surface area contributed by atoms with Crippen molar-refractivity contribution in [1.82, 2.24) is 14.9 Å². The van der Waals surface area contributed by atoms with Crippen LogP contribution in [-0.2, 0) is 20.7 Å². The molecule has 3 heterocycles. The van der Waals surface area contributed by atoms with Crippen molar-refractivity contribution in [2.45, 2.75) is 23.6 Å². The Kier molecular flexibility index (Phi) is 6.19. The van der Waals surface area contributed by atoms with Crippen LogP contribution >= 0.6 is 34.9 Å². The highest BCUT2D eigenvalue weighted by atomic mass is 32.2. The molecule has 1 fully saturated rings. The molecule has 0 unspecified atom stereocenters. The number of hydrogen-bond acceptors (Lipinski definition) is 8. The molecule has 2 aromatic heterocycles. The smallest absolute Gasteiger partial charge is 0.320 e. The maximum absolute atomic E-state index is 12.5. The molecular formula is C16H19N3O3S3. The SMILES string of the molecule is CCc1cc2c(SCC(=O)N3CCS[C@H](C(=O)OC)C3)ncnc2s1. The Morgan fingerprint density at radius 1 is 1.44 bits per heavy atom. The van der Waals surface area contributed by atoms with Crippen LogP contribution in [0.2, 0.25) is 0 Å². The van der Waals surface area contributed by atoms with Gasteiger partial charge in [-0.15, -0.1) is 23.1 Å². The lowest BCUT2D eigenvalue weighted by molar-refractivity contribution is -0.141. The average molecular weight is 398 g/mol. The van der Waals surface area contributed by atoms with E-state index in [-0.39, 0.29) is 17.1 Å². The molecule has 25 heavy (non-hydrogen) atoms. The van der Waals surface area contributed by atoms with E-state index >= 15 is 0 Å². The molecule has 6 nitrogen and oxygen atoms in total. The van der Waals surface area contributed by atoms with Gasteiger partial charge in [0.1, 0.15) is 21.4 Å². The summed E-state index contributed by atoms with van der Waals surface area (Å²) in [5, 5.41) is 1.57. The van der Waals surface area contributed by atoms with Crippen molar-refractivity contribution in [2.75, 3.05) is 31.7 Å². The van der Waals surface area contributed by atoms with Crippen molar-refractivity contribution in [3.8, 4) is 0 Å². The lowest BCUT2D eigenvalue weighted by Crippen LogP contribution is -2.45. The molecule has 134 valence electrons. The van der Waals surface area contributed by atoms with Crippen molar-refractivity contribution in [3.63, 3.8) is 0 Å². The third-order valence-electron chi connectivity index (χ3n) is 3.91. The normalized spacial score (nSPS) is 17.7. The van der Waals surface area contributed by atoms with Gasteiger partial charge in [-0.3, -0.25) is 9.59 Å². The molecule has 0 radical (unpaired) electrons. The van der Waals surface area contributed by atoms with Crippen LogP contribution in [0, 0.1) is 0 Å². The zero-order valence-electron chi connectivity index (χ0n) is 14.1. The van der Waals surface area contributed by atoms with Gasteiger partial charge < -0.3 is 9.64 Å². The minimum Gasteiger partial charge on any atom is -0.468 e. The number of ether oxygens (including phenoxy) is 1. The van der Waals surface area contributed by atoms with E-state index in [1.165, 1.54) is 23.7 Å². The second-order valence-corrected chi connectivity index (χ2v) is 8.86. The second-order valence-electron chi connectivity index (χ2n) is 5.47. The Balaban J connectivity index is 1.64. The van der Waals surface area contributed by atoms with Gasteiger partial charge >= 0.3 is 5.97 Å². The number of esters is 1. The van der Waals surface area contributed by atoms with Gasteiger partial charge in [0.25, 0.3) is 0 Å². The molecule has 0 spiro atoms. The second kappa shape index (κ2) is 8.37. The van der Waals surface area contributed by atoms with Crippen molar-refractivity contribution >= 4 is 57.0 Å². The number of hydrogen-bond donors (Lipinski definition) is 0. The van der Waals surface area contributed by atoms with Gasteiger partial charge in [0.15, 0.2) is 0 Å². The predicted octanol–water partition coefficient (Wildman–Crippen LogP) is 2.46. The van der Waals surface area contributed by atoms with Gasteiger partial charge in [-0.1, -0.05) is 18.7 Å². The largest absolute Gasteiger partial charge is 0.468 e. The van der Waals surface area contributed by atoms with Crippen molar-refractivity contribution in [2.24, 2.45) is 0 Å². The van der Waals surface area contributed by atoms with E-state index in [1.54, 1.807) is 34.3 Å². The quantitative estimate of drug-likeness (QED) is 0.436. The summed E-state index contributed by atoms with van der Waals surface area (Å²) in [6.07, 6.45) is 2.51. The summed E-state index contributed by atoms with van der Waals surface area (Å²) in [5.41, 5.74) is 0. The third-order valence-corrected chi connectivity index (χ3v) is 7.25. The fourth-order valence-corrected chi connectivity index (χ4v) is 5.55. The van der Waals surface area contributed by atoms with Crippen LogP contribution in [0.1, 0.15) is 11.8 Å². The van der Waals surface area contributed by atoms with Crippen LogP contribution < -0.4 is 0 Å². The first kappa shape index (κ1) is 18.5. The number of carbonyl (C=O) groups excluding carboxylic acids is 2. The Bertz CT molecular complexity index is 780. The van der Waals surface area contributed by atoms with Gasteiger partial charge in [-0.2, -0.15) is 0 Å². The molecule has 1 aliphatic rings. The van der Waals surface area contributed by atoms with Crippen LogP contribution in [0.25, 0.3) is 10.2 Å². The third kappa shape index (κ3) is 4.27. The summed E-state index contributed by atoms with van der Waals surface area (Å²) in [5.74, 6) is 0.815. The van der Waals surface area contributed by atoms with Gasteiger partial charge in [0.05, 0.1) is 12.9 Å². The standard InChI is InChI=1S/C16H19N3O3S3/c1-3-10-6-11-14(17-9-18-15(11)25-10)24-8-13(20)19-4-5-23-12(7-19)16(21)22-2/h6,9,12H,3-5,7-8H2,1-2H3/t12-/m0/s1. The number of aromatic nitrogens is 2. The molecule has 1 amide bonds. The molecule has 0 aromatic carbocycles. The number of nitrogens with zero attached hydrogens (tertiary/aromatic N) is 3. The molecule has 1 aliphatic heterocycles. The highest BCUT2D eigenvalue weighted by Gasteiger charge is 2.29. The van der Waals surface area contributed by atoms with Crippen LogP contribution in [0.4, 0.5) is 0 Å². The first-order valence-electron chi connectivity index (χ1n) is 7.95. The van der Waals surface area contributed by atoms with Gasteiger partial charge in [0.2, 0.25) is 5.91 Å². The maximum Gasteiger partial charge on any atom is 0.320 e. The van der Waals surface area contributed by atoms with E-state index in [0.717, 1.165) is 27.4 Å². The number of rotatable bonds is 5. The van der Waals surface area contributed by atoms with Crippen molar-refractivity contribution in [3.05, 3.63) is 17.3 Å². The molecule has 9 heteroatoms. The molecule has 2 aromatic rings. The number of thiophene rings is 1. The summed E-state index contributed by atoms with van der Waals surface area (Å²) in [4.78, 5) is 36.8. The summed E-state index contributed by atoms with van der Waals surface area (Å²) in [6, 6.07) is 2.11. The zero-order chi connectivity index (χ0) is 17.8. The number of thioether (sulfide) groups is 2. The minimum absolute atomic E-state index is 0.0249. The molecule has 1 saturated heterocycles. The highest BCUT2D eigenvalue weighted by Crippen LogP contribution is 2.31. The molecule has 3 rings (SSSR count). The average Bonchev–Trinajstić information content (AvgIpc) is 3.09. The predicted molar refractivity (Wildman–Crippen MR) is 102 cm³/mol. The van der Waals surface area contributed by atoms with Crippen LogP contribution in [0.5, 0.6) is 0 Å². The topological polar surface area (TPSA) is 72.4 Å². The summed E-state index contributed by atoms with van der Waals surface area (Å²) in [6.45, 7) is 3.18. The lowest BCUT2D eigenvalue weighted by Gasteiger charge is -2.30. The molecule has 0 saturated carbocycles. The Labute approximate surface area is 158 Å². The number of aryl methyl sites for hydroxylation is 1. The van der Waals surface area contributed by atoms with Crippen molar-refractivity contribution in [1.29, 1.82) is 0 Å². The molecule has 0 aliphatic carbocycles. The van der Waals surface area contributed by atoms with Crippen LogP contribution in [0.15, 0.2) is 17.4 Å². The lowest BCUT2D eigenvalue weighted by atomic mass is 10.3. The van der Waals surface area contributed by atoms with Crippen LogP contribution in [-0.4, -0.2) is 63.7 Å². The molecule has 0 N–H and O–H groups in total. The van der Waals surface area contributed by atoms with Gasteiger partial charge in [-0.05, 0) is 12.5 Å². The number of fused-ring (bicyclic) bond motifs is 1. The van der Waals surface area contributed by atoms with E-state index < -0.39 is 0 Å². The number of amides is 1. The fraction of sp³-hybridized carbons (Fsp3) is 0.500. The van der Waals surface area contributed by atoms with E-state index in [4.69, 9.17) is 4.74 Å². The molecule has 1 atom stereocenters. The number of methoxy groups -OCH3 is 1. The summed E-state index contributed by atoms with van der Waals surface area (Å²) in [7, 11) is 1.38. The van der Waals surface area contributed by atoms with Gasteiger partial charge in [0, 0.05) is 29.1 Å². The maximum atomic E-state index is 12.5. The Morgan fingerprint density at radius 2 is 2.28 bits per heavy atom. The van der Waals surface area contributed by atoms with E-state index in [9.17, 15) is 9.59 Å². The van der Waals surface area contributed by atoms with Crippen LogP contribution in [0.3, 0.4) is 0 Å². The summed E-state index contributed by atoms with van der Waals surface area (Å²) < 4.78 is 4.79. The van der Waals surface area contributed by atoms with E-state index in [1.807, 2.05) is 0 Å². The fourth-order valence-electron chi connectivity index (χ4n) is 2.54. The first-order chi connectivity index (χ1) is 12.1. The molecule has 0 bridgehead atoms. The monoisotopic (exact) mass is 397 g/mol. The summed E-state index contributed by atoms with van der Waals surface area (Å²) >= 11 is 4.64. The van der Waals surface area contributed by atoms with Gasteiger partial charge in [-0.25, -0.2) is 9.97 Å². The van der Waals surface area contributed by atoms with E-state index in [0.29, 0.717) is 18.8 Å². The Hall–Kier alpha value is -1.32. The minimum atomic E-state index is -0.289. The molecular weight excluding hydrogens is 378 g/mol. The zero-order valence-corrected chi connectivity index (χ0v) is 16.5. The van der Waals surface area contributed by atoms with E-state index in [2.05, 4.69) is 23.0 Å². The Morgan fingerprint density at radius 3 is 3.04 bits per heavy atom.